The molecule has 3 N–H and O–H groups in total. The number of rotatable bonds is 5. The van der Waals surface area contributed by atoms with Gasteiger partial charge in [0.1, 0.15) is 11.6 Å². The molecular formula is C13H19FN2O3S. The van der Waals surface area contributed by atoms with Crippen LogP contribution in [-0.2, 0) is 14.6 Å². The van der Waals surface area contributed by atoms with Gasteiger partial charge in [0, 0.05) is 5.69 Å². The minimum atomic E-state index is -3.57. The van der Waals surface area contributed by atoms with Crippen LogP contribution in [0.5, 0.6) is 0 Å². The van der Waals surface area contributed by atoms with Crippen molar-refractivity contribution in [3.63, 3.8) is 0 Å². The molecule has 20 heavy (non-hydrogen) atoms. The van der Waals surface area contributed by atoms with Crippen molar-refractivity contribution in [1.29, 1.82) is 0 Å². The molecule has 0 saturated heterocycles. The molecule has 0 aliphatic carbocycles. The van der Waals surface area contributed by atoms with E-state index in [4.69, 9.17) is 5.73 Å². The maximum atomic E-state index is 13.4. The first kappa shape index (κ1) is 16.4. The third-order valence-corrected chi connectivity index (χ3v) is 5.44. The van der Waals surface area contributed by atoms with E-state index in [1.807, 2.05) is 0 Å². The second kappa shape index (κ2) is 6.21. The fraction of sp³-hybridized carbons (Fsp3) is 0.462. The van der Waals surface area contributed by atoms with Crippen LogP contribution in [0, 0.1) is 11.7 Å². The normalized spacial score (nSPS) is 13.2. The number of benzene rings is 1. The van der Waals surface area contributed by atoms with Crippen LogP contribution in [0.3, 0.4) is 0 Å². The number of carbonyl (C=O) groups excluding carboxylic acids is 1. The van der Waals surface area contributed by atoms with Gasteiger partial charge in [-0.15, -0.1) is 0 Å². The van der Waals surface area contributed by atoms with Crippen molar-refractivity contribution >= 4 is 27.1 Å². The van der Waals surface area contributed by atoms with E-state index < -0.39 is 32.6 Å². The first-order chi connectivity index (χ1) is 9.13. The number of nitrogens with two attached hydrogens (primary N) is 1. The molecule has 1 rings (SSSR count). The fourth-order valence-corrected chi connectivity index (χ4v) is 3.08. The molecule has 0 radical (unpaired) electrons. The van der Waals surface area contributed by atoms with Gasteiger partial charge in [0.2, 0.25) is 5.91 Å². The highest BCUT2D eigenvalue weighted by Crippen LogP contribution is 2.18. The van der Waals surface area contributed by atoms with Crippen LogP contribution < -0.4 is 11.1 Å². The lowest BCUT2D eigenvalue weighted by atomic mass is 10.2. The van der Waals surface area contributed by atoms with Gasteiger partial charge >= 0.3 is 0 Å². The Morgan fingerprint density at radius 1 is 1.35 bits per heavy atom. The number of anilines is 2. The second-order valence-corrected chi connectivity index (χ2v) is 7.40. The molecule has 1 amide bonds. The molecule has 0 bridgehead atoms. The molecule has 7 heteroatoms. The molecule has 0 heterocycles. The van der Waals surface area contributed by atoms with Crippen molar-refractivity contribution in [3.05, 3.63) is 24.0 Å². The number of hydrogen-bond acceptors (Lipinski definition) is 4. The zero-order valence-corrected chi connectivity index (χ0v) is 12.5. The lowest BCUT2D eigenvalue weighted by Crippen LogP contribution is -2.32. The third-order valence-electron chi connectivity index (χ3n) is 3.10. The van der Waals surface area contributed by atoms with Crippen molar-refractivity contribution in [2.75, 3.05) is 16.8 Å². The summed E-state index contributed by atoms with van der Waals surface area (Å²) in [6, 6.07) is 3.70. The first-order valence-corrected chi connectivity index (χ1v) is 7.91. The summed E-state index contributed by atoms with van der Waals surface area (Å²) in [5.41, 5.74) is 5.64. The minimum Gasteiger partial charge on any atom is -0.399 e. The summed E-state index contributed by atoms with van der Waals surface area (Å²) < 4.78 is 37.3. The van der Waals surface area contributed by atoms with Crippen LogP contribution in [-0.4, -0.2) is 25.3 Å². The molecule has 1 atom stereocenters. The third kappa shape index (κ3) is 4.19. The molecule has 5 nitrogen and oxygen atoms in total. The average Bonchev–Trinajstić information content (AvgIpc) is 2.32. The van der Waals surface area contributed by atoms with Crippen molar-refractivity contribution in [3.8, 4) is 0 Å². The van der Waals surface area contributed by atoms with Gasteiger partial charge < -0.3 is 11.1 Å². The van der Waals surface area contributed by atoms with Crippen molar-refractivity contribution < 1.29 is 17.6 Å². The molecule has 1 aromatic rings. The molecule has 112 valence electrons. The Kier molecular flexibility index (Phi) is 5.10. The summed E-state index contributed by atoms with van der Waals surface area (Å²) in [5.74, 6) is -2.22. The first-order valence-electron chi connectivity index (χ1n) is 6.20. The predicted molar refractivity (Wildman–Crippen MR) is 77.5 cm³/mol. The summed E-state index contributed by atoms with van der Waals surface area (Å²) in [4.78, 5) is 11.7. The highest BCUT2D eigenvalue weighted by Gasteiger charge is 2.27. The number of amides is 1. The van der Waals surface area contributed by atoms with Gasteiger partial charge in [-0.25, -0.2) is 12.8 Å². The molecular weight excluding hydrogens is 283 g/mol. The van der Waals surface area contributed by atoms with E-state index in [2.05, 4.69) is 5.32 Å². The van der Waals surface area contributed by atoms with E-state index >= 15 is 0 Å². The summed E-state index contributed by atoms with van der Waals surface area (Å²) in [6.45, 7) is 5.07. The number of nitrogen functional groups attached to an aromatic ring is 1. The predicted octanol–water partition coefficient (Wildman–Crippen LogP) is 1.81. The zero-order valence-electron chi connectivity index (χ0n) is 11.7. The van der Waals surface area contributed by atoms with Gasteiger partial charge in [-0.1, -0.05) is 13.8 Å². The summed E-state index contributed by atoms with van der Waals surface area (Å²) in [5, 5.41) is 1.59. The second-order valence-electron chi connectivity index (χ2n) is 5.04. The molecule has 0 aliphatic heterocycles. The van der Waals surface area contributed by atoms with Crippen LogP contribution in [0.1, 0.15) is 20.8 Å². The van der Waals surface area contributed by atoms with E-state index in [-0.39, 0.29) is 17.3 Å². The summed E-state index contributed by atoms with van der Waals surface area (Å²) >= 11 is 0. The Morgan fingerprint density at radius 3 is 2.50 bits per heavy atom. The van der Waals surface area contributed by atoms with Gasteiger partial charge in [0.25, 0.3) is 0 Å². The van der Waals surface area contributed by atoms with Crippen LogP contribution in [0.4, 0.5) is 15.8 Å². The number of carbonyl (C=O) groups is 1. The van der Waals surface area contributed by atoms with E-state index in [9.17, 15) is 17.6 Å². The molecule has 1 unspecified atom stereocenters. The maximum Gasteiger partial charge on any atom is 0.239 e. The minimum absolute atomic E-state index is 0.100. The maximum absolute atomic E-state index is 13.4. The Labute approximate surface area is 118 Å². The molecule has 1 aromatic carbocycles. The zero-order chi connectivity index (χ0) is 15.5. The van der Waals surface area contributed by atoms with Crippen molar-refractivity contribution in [1.82, 2.24) is 0 Å². The van der Waals surface area contributed by atoms with Gasteiger partial charge in [-0.05, 0) is 31.0 Å². The smallest absolute Gasteiger partial charge is 0.239 e. The Morgan fingerprint density at radius 2 is 1.95 bits per heavy atom. The monoisotopic (exact) mass is 302 g/mol. The lowest BCUT2D eigenvalue weighted by molar-refractivity contribution is -0.113. The average molecular weight is 302 g/mol. The van der Waals surface area contributed by atoms with Gasteiger partial charge in [0.05, 0.1) is 10.9 Å². The van der Waals surface area contributed by atoms with Gasteiger partial charge in [-0.3, -0.25) is 4.79 Å². The summed E-state index contributed by atoms with van der Waals surface area (Å²) in [7, 11) is -3.57. The van der Waals surface area contributed by atoms with Crippen LogP contribution in [0.2, 0.25) is 0 Å². The molecule has 0 spiro atoms. The van der Waals surface area contributed by atoms with Crippen LogP contribution >= 0.6 is 0 Å². The highest BCUT2D eigenvalue weighted by molar-refractivity contribution is 7.92. The fourth-order valence-electron chi connectivity index (χ4n) is 1.55. The van der Waals surface area contributed by atoms with E-state index in [1.165, 1.54) is 12.1 Å². The van der Waals surface area contributed by atoms with Gasteiger partial charge in [0.15, 0.2) is 9.84 Å². The van der Waals surface area contributed by atoms with Crippen LogP contribution in [0.15, 0.2) is 18.2 Å². The SMILES string of the molecule is CC(C)C(C)S(=O)(=O)CC(=O)Nc1cc(N)ccc1F. The molecule has 0 aliphatic rings. The lowest BCUT2D eigenvalue weighted by Gasteiger charge is -2.16. The Hall–Kier alpha value is -1.63. The van der Waals surface area contributed by atoms with Gasteiger partial charge in [-0.2, -0.15) is 0 Å². The standard InChI is InChI=1S/C13H19FN2O3S/c1-8(2)9(3)20(18,19)7-13(17)16-12-6-10(15)4-5-11(12)14/h4-6,8-9H,7,15H2,1-3H3,(H,16,17). The van der Waals surface area contributed by atoms with Crippen LogP contribution in [0.25, 0.3) is 0 Å². The van der Waals surface area contributed by atoms with Crippen molar-refractivity contribution in [2.45, 2.75) is 26.0 Å². The molecule has 0 fully saturated rings. The van der Waals surface area contributed by atoms with E-state index in [1.54, 1.807) is 20.8 Å². The topological polar surface area (TPSA) is 89.3 Å². The van der Waals surface area contributed by atoms with Crippen molar-refractivity contribution in [2.24, 2.45) is 5.92 Å². The largest absolute Gasteiger partial charge is 0.399 e. The quantitative estimate of drug-likeness (QED) is 0.812. The molecule has 0 saturated carbocycles. The van der Waals surface area contributed by atoms with E-state index in [0.717, 1.165) is 6.07 Å². The molecule has 0 aromatic heterocycles. The number of hydrogen-bond donors (Lipinski definition) is 2. The Balaban J connectivity index is 2.81. The summed E-state index contributed by atoms with van der Waals surface area (Å²) in [6.07, 6.45) is 0. The Bertz CT molecular complexity index is 600. The number of nitrogens with one attached hydrogen (secondary N) is 1. The highest BCUT2D eigenvalue weighted by atomic mass is 32.2. The number of halogens is 1. The number of sulfone groups is 1. The van der Waals surface area contributed by atoms with E-state index in [0.29, 0.717) is 0 Å².